The van der Waals surface area contributed by atoms with Crippen molar-refractivity contribution >= 4 is 31.3 Å². The van der Waals surface area contributed by atoms with Crippen LogP contribution in [0, 0.1) is 0 Å². The Morgan fingerprint density at radius 1 is 1.23 bits per heavy atom. The number of aliphatic imine (C=N–C) groups is 2. The van der Waals surface area contributed by atoms with Gasteiger partial charge in [-0.1, -0.05) is 6.08 Å². The molecule has 10 heteroatoms. The number of imidazole rings is 1. The van der Waals surface area contributed by atoms with E-state index in [9.17, 15) is 13.2 Å². The van der Waals surface area contributed by atoms with Crippen LogP contribution in [0.15, 0.2) is 46.5 Å². The minimum atomic E-state index is -4.46. The van der Waals surface area contributed by atoms with E-state index in [4.69, 9.17) is 9.47 Å². The molecule has 0 bridgehead atoms. The summed E-state index contributed by atoms with van der Waals surface area (Å²) in [5, 5.41) is 2.86. The van der Waals surface area contributed by atoms with E-state index in [2.05, 4.69) is 33.7 Å². The van der Waals surface area contributed by atoms with E-state index in [0.717, 1.165) is 0 Å². The third-order valence-corrected chi connectivity index (χ3v) is 3.81. The lowest BCUT2D eigenvalue weighted by molar-refractivity contribution is -0.127. The van der Waals surface area contributed by atoms with Gasteiger partial charge in [-0.2, -0.15) is 13.2 Å². The standard InChI is InChI=1S/C20H22F3N5O2/c1-5-10-28-18(16(11-20(21,22)23)27-19(28)25-3)17(24-2)12-26-13-30-15-8-6-14(29-4)7-9-15/h5-10,12,26H,2-3,11,13H2,1,4H3/b10-5-,17-12-. The molecule has 1 aromatic heterocycles. The normalized spacial score (nSPS) is 12.1. The van der Waals surface area contributed by atoms with E-state index in [1.54, 1.807) is 44.4 Å². The molecule has 1 aromatic carbocycles. The van der Waals surface area contributed by atoms with E-state index in [1.165, 1.54) is 17.0 Å². The maximum atomic E-state index is 13.0. The lowest BCUT2D eigenvalue weighted by atomic mass is 10.2. The fraction of sp³-hybridized carbons (Fsp3) is 0.250. The van der Waals surface area contributed by atoms with Gasteiger partial charge in [0.1, 0.15) is 17.2 Å². The lowest BCUT2D eigenvalue weighted by Crippen LogP contribution is -2.16. The number of aromatic nitrogens is 2. The minimum Gasteiger partial charge on any atom is -0.497 e. The predicted octanol–water partition coefficient (Wildman–Crippen LogP) is 4.44. The fourth-order valence-corrected chi connectivity index (χ4v) is 2.58. The van der Waals surface area contributed by atoms with E-state index in [1.807, 2.05) is 0 Å². The van der Waals surface area contributed by atoms with Crippen molar-refractivity contribution in [2.45, 2.75) is 19.5 Å². The van der Waals surface area contributed by atoms with Gasteiger partial charge >= 0.3 is 6.18 Å². The minimum absolute atomic E-state index is 0.0198. The first-order valence-corrected chi connectivity index (χ1v) is 8.77. The smallest absolute Gasteiger partial charge is 0.394 e. The third-order valence-electron chi connectivity index (χ3n) is 3.81. The number of allylic oxidation sites excluding steroid dienone is 1. The van der Waals surface area contributed by atoms with Crippen LogP contribution in [0.1, 0.15) is 18.3 Å². The molecule has 0 unspecified atom stereocenters. The van der Waals surface area contributed by atoms with Crippen LogP contribution in [0.4, 0.5) is 19.1 Å². The van der Waals surface area contributed by atoms with E-state index in [-0.39, 0.29) is 29.8 Å². The number of benzene rings is 1. The number of nitrogens with zero attached hydrogens (tertiary/aromatic N) is 4. The summed E-state index contributed by atoms with van der Waals surface area (Å²) in [7, 11) is 1.56. The number of hydrogen-bond donors (Lipinski definition) is 1. The molecule has 2 aromatic rings. The van der Waals surface area contributed by atoms with Gasteiger partial charge in [0.25, 0.3) is 0 Å². The number of methoxy groups -OCH3 is 1. The molecule has 0 fully saturated rings. The zero-order valence-electron chi connectivity index (χ0n) is 16.6. The molecule has 1 N–H and O–H groups in total. The molecule has 0 aliphatic carbocycles. The first-order chi connectivity index (χ1) is 14.3. The van der Waals surface area contributed by atoms with Crippen molar-refractivity contribution in [2.24, 2.45) is 9.98 Å². The summed E-state index contributed by atoms with van der Waals surface area (Å²) in [5.41, 5.74) is 0.0207. The maximum Gasteiger partial charge on any atom is 0.394 e. The summed E-state index contributed by atoms with van der Waals surface area (Å²) in [6.07, 6.45) is -1.14. The highest BCUT2D eigenvalue weighted by atomic mass is 19.4. The molecule has 0 radical (unpaired) electrons. The number of rotatable bonds is 10. The number of halogens is 3. The van der Waals surface area contributed by atoms with Crippen molar-refractivity contribution in [2.75, 3.05) is 13.8 Å². The van der Waals surface area contributed by atoms with E-state index >= 15 is 0 Å². The van der Waals surface area contributed by atoms with Gasteiger partial charge in [0, 0.05) is 12.4 Å². The Morgan fingerprint density at radius 2 is 1.90 bits per heavy atom. The molecule has 0 saturated heterocycles. The third kappa shape index (κ3) is 5.97. The topological polar surface area (TPSA) is 73.0 Å². The Bertz CT molecular complexity index is 931. The Labute approximate surface area is 172 Å². The SMILES string of the molecule is C=N/C(=C\NCOc1ccc(OC)cc1)c1c(CC(F)(F)F)nc(N=C)n1/C=C\C. The average Bonchev–Trinajstić information content (AvgIpc) is 3.04. The van der Waals surface area contributed by atoms with Crippen molar-refractivity contribution in [1.29, 1.82) is 0 Å². The van der Waals surface area contributed by atoms with Crippen LogP contribution in [0.3, 0.4) is 0 Å². The van der Waals surface area contributed by atoms with Crippen molar-refractivity contribution < 1.29 is 22.6 Å². The number of nitrogens with one attached hydrogen (secondary N) is 1. The molecule has 30 heavy (non-hydrogen) atoms. The van der Waals surface area contributed by atoms with Crippen LogP contribution < -0.4 is 14.8 Å². The Balaban J connectivity index is 2.26. The van der Waals surface area contributed by atoms with Crippen LogP contribution in [0.5, 0.6) is 11.5 Å². The van der Waals surface area contributed by atoms with Gasteiger partial charge in [0.2, 0.25) is 5.95 Å². The van der Waals surface area contributed by atoms with Gasteiger partial charge < -0.3 is 14.8 Å². The van der Waals surface area contributed by atoms with Gasteiger partial charge in [0.05, 0.1) is 24.9 Å². The second-order valence-electron chi connectivity index (χ2n) is 5.87. The highest BCUT2D eigenvalue weighted by molar-refractivity contribution is 5.71. The van der Waals surface area contributed by atoms with Crippen molar-refractivity contribution in [3.63, 3.8) is 0 Å². The average molecular weight is 421 g/mol. The fourth-order valence-electron chi connectivity index (χ4n) is 2.58. The van der Waals surface area contributed by atoms with Gasteiger partial charge in [0.15, 0.2) is 6.73 Å². The maximum absolute atomic E-state index is 13.0. The second kappa shape index (κ2) is 10.3. The summed E-state index contributed by atoms with van der Waals surface area (Å²) in [6, 6.07) is 6.93. The first kappa shape index (κ1) is 22.7. The Kier molecular flexibility index (Phi) is 7.79. The molecule has 0 aliphatic rings. The first-order valence-electron chi connectivity index (χ1n) is 8.77. The van der Waals surface area contributed by atoms with Gasteiger partial charge in [-0.25, -0.2) is 9.98 Å². The van der Waals surface area contributed by atoms with Crippen LogP contribution in [-0.4, -0.2) is 43.0 Å². The summed E-state index contributed by atoms with van der Waals surface area (Å²) >= 11 is 0. The summed E-state index contributed by atoms with van der Waals surface area (Å²) < 4.78 is 51.1. The van der Waals surface area contributed by atoms with E-state index < -0.39 is 12.6 Å². The zero-order chi connectivity index (χ0) is 22.1. The second-order valence-corrected chi connectivity index (χ2v) is 5.87. The largest absolute Gasteiger partial charge is 0.497 e. The van der Waals surface area contributed by atoms with Crippen LogP contribution in [0.25, 0.3) is 11.9 Å². The monoisotopic (exact) mass is 421 g/mol. The van der Waals surface area contributed by atoms with Crippen molar-refractivity contribution in [3.8, 4) is 11.5 Å². The lowest BCUT2D eigenvalue weighted by Gasteiger charge is -2.11. The Morgan fingerprint density at radius 3 is 2.43 bits per heavy atom. The van der Waals surface area contributed by atoms with Crippen LogP contribution in [0.2, 0.25) is 0 Å². The summed E-state index contributed by atoms with van der Waals surface area (Å²) in [5.74, 6) is 1.29. The van der Waals surface area contributed by atoms with Crippen molar-refractivity contribution in [1.82, 2.24) is 14.9 Å². The molecule has 0 atom stereocenters. The molecule has 0 amide bonds. The van der Waals surface area contributed by atoms with Crippen LogP contribution in [-0.2, 0) is 6.42 Å². The van der Waals surface area contributed by atoms with Crippen LogP contribution >= 0.6 is 0 Å². The summed E-state index contributed by atoms with van der Waals surface area (Å²) in [6.45, 7) is 8.59. The molecule has 1 heterocycles. The quantitative estimate of drug-likeness (QED) is 0.350. The molecule has 160 valence electrons. The molecular formula is C20H22F3N5O2. The number of hydrogen-bond acceptors (Lipinski definition) is 6. The van der Waals surface area contributed by atoms with Gasteiger partial charge in [-0.15, -0.1) is 0 Å². The molecular weight excluding hydrogens is 399 g/mol. The number of ether oxygens (including phenoxy) is 2. The van der Waals surface area contributed by atoms with Gasteiger partial charge in [-0.05, 0) is 44.6 Å². The molecule has 2 rings (SSSR count). The molecule has 0 spiro atoms. The van der Waals surface area contributed by atoms with E-state index in [0.29, 0.717) is 11.5 Å². The highest BCUT2D eigenvalue weighted by Gasteiger charge is 2.32. The molecule has 7 nitrogen and oxygen atoms in total. The zero-order valence-corrected chi connectivity index (χ0v) is 16.6. The van der Waals surface area contributed by atoms with Gasteiger partial charge in [-0.3, -0.25) is 9.56 Å². The molecule has 0 saturated carbocycles. The molecule has 0 aliphatic heterocycles. The summed E-state index contributed by atoms with van der Waals surface area (Å²) in [4.78, 5) is 11.5. The van der Waals surface area contributed by atoms with Crippen molar-refractivity contribution in [3.05, 3.63) is 47.9 Å². The Hall–Kier alpha value is -3.56. The number of alkyl halides is 3. The predicted molar refractivity (Wildman–Crippen MR) is 111 cm³/mol. The highest BCUT2D eigenvalue weighted by Crippen LogP contribution is 2.31.